The Bertz CT molecular complexity index is 158. The molecule has 1 heterocycles. The number of carbonyl (C=O) groups excluding carboxylic acids is 1. The standard InChI is InChI=1S/C5H6F2O3/c1-4(6)5(2,7)10-3(8)9-4/h1-2H3. The lowest BCUT2D eigenvalue weighted by Gasteiger charge is -2.19. The Kier molecular flexibility index (Phi) is 1.15. The Morgan fingerprint density at radius 3 is 1.60 bits per heavy atom. The van der Waals surface area contributed by atoms with Crippen LogP contribution < -0.4 is 0 Å². The molecule has 1 saturated heterocycles. The molecule has 0 spiro atoms. The zero-order valence-corrected chi connectivity index (χ0v) is 5.48. The number of ether oxygens (including phenoxy) is 2. The molecule has 3 nitrogen and oxygen atoms in total. The van der Waals surface area contributed by atoms with Crippen LogP contribution in [0.4, 0.5) is 13.6 Å². The Morgan fingerprint density at radius 1 is 1.20 bits per heavy atom. The SMILES string of the molecule is CC1(F)OC(=O)OC1(C)F. The van der Waals surface area contributed by atoms with Crippen molar-refractivity contribution in [2.45, 2.75) is 25.6 Å². The van der Waals surface area contributed by atoms with Gasteiger partial charge in [0.2, 0.25) is 0 Å². The molecule has 0 saturated carbocycles. The molecule has 0 aliphatic carbocycles. The van der Waals surface area contributed by atoms with E-state index in [0.717, 1.165) is 13.8 Å². The van der Waals surface area contributed by atoms with Crippen molar-refractivity contribution in [2.75, 3.05) is 0 Å². The van der Waals surface area contributed by atoms with Gasteiger partial charge in [0, 0.05) is 13.8 Å². The highest BCUT2D eigenvalue weighted by molar-refractivity contribution is 5.63. The molecule has 10 heavy (non-hydrogen) atoms. The predicted molar refractivity (Wildman–Crippen MR) is 26.6 cm³/mol. The third-order valence-corrected chi connectivity index (χ3v) is 1.35. The molecule has 0 aromatic rings. The minimum atomic E-state index is -2.68. The summed E-state index contributed by atoms with van der Waals surface area (Å²) in [4.78, 5) is 10.1. The zero-order valence-electron chi connectivity index (χ0n) is 5.48. The van der Waals surface area contributed by atoms with E-state index >= 15 is 0 Å². The number of hydrogen-bond donors (Lipinski definition) is 0. The molecule has 0 aromatic carbocycles. The van der Waals surface area contributed by atoms with Crippen LogP contribution in [0, 0.1) is 0 Å². The highest BCUT2D eigenvalue weighted by Gasteiger charge is 2.59. The van der Waals surface area contributed by atoms with E-state index in [9.17, 15) is 13.6 Å². The molecule has 1 aliphatic heterocycles. The van der Waals surface area contributed by atoms with Gasteiger partial charge in [-0.25, -0.2) is 4.79 Å². The summed E-state index contributed by atoms with van der Waals surface area (Å²) in [5.74, 6) is -5.35. The first kappa shape index (κ1) is 7.24. The molecular formula is C5H6F2O3. The Hall–Kier alpha value is -0.870. The van der Waals surface area contributed by atoms with E-state index in [4.69, 9.17) is 0 Å². The monoisotopic (exact) mass is 152 g/mol. The highest BCUT2D eigenvalue weighted by atomic mass is 19.2. The normalized spacial score (nSPS) is 46.6. The van der Waals surface area contributed by atoms with Crippen molar-refractivity contribution in [1.82, 2.24) is 0 Å². The first-order valence-corrected chi connectivity index (χ1v) is 2.65. The molecule has 1 fully saturated rings. The van der Waals surface area contributed by atoms with Gasteiger partial charge in [-0.2, -0.15) is 8.78 Å². The summed E-state index contributed by atoms with van der Waals surface area (Å²) < 4.78 is 33.1. The van der Waals surface area contributed by atoms with E-state index in [1.807, 2.05) is 0 Å². The molecule has 1 rings (SSSR count). The van der Waals surface area contributed by atoms with Gasteiger partial charge in [-0.15, -0.1) is 0 Å². The van der Waals surface area contributed by atoms with Crippen molar-refractivity contribution in [1.29, 1.82) is 0 Å². The summed E-state index contributed by atoms with van der Waals surface area (Å²) in [7, 11) is 0. The number of halogens is 2. The van der Waals surface area contributed by atoms with Gasteiger partial charge >= 0.3 is 17.9 Å². The van der Waals surface area contributed by atoms with Crippen LogP contribution in [-0.4, -0.2) is 17.9 Å². The van der Waals surface area contributed by atoms with Crippen molar-refractivity contribution >= 4 is 6.16 Å². The van der Waals surface area contributed by atoms with Crippen LogP contribution in [0.1, 0.15) is 13.8 Å². The fourth-order valence-electron chi connectivity index (χ4n) is 0.516. The minimum absolute atomic E-state index is 0.790. The minimum Gasteiger partial charge on any atom is -0.390 e. The lowest BCUT2D eigenvalue weighted by molar-refractivity contribution is -0.191. The average Bonchev–Trinajstić information content (AvgIpc) is 1.73. The summed E-state index contributed by atoms with van der Waals surface area (Å²) in [6, 6.07) is 0. The van der Waals surface area contributed by atoms with E-state index in [2.05, 4.69) is 9.47 Å². The van der Waals surface area contributed by atoms with Gasteiger partial charge in [-0.3, -0.25) is 0 Å². The quantitative estimate of drug-likeness (QED) is 0.493. The van der Waals surface area contributed by atoms with Gasteiger partial charge in [0.15, 0.2) is 0 Å². The second kappa shape index (κ2) is 1.59. The number of cyclic esters (lactones) is 2. The molecule has 0 N–H and O–H groups in total. The van der Waals surface area contributed by atoms with Crippen LogP contribution in [0.5, 0.6) is 0 Å². The first-order valence-electron chi connectivity index (χ1n) is 2.65. The molecule has 2 unspecified atom stereocenters. The summed E-state index contributed by atoms with van der Waals surface area (Å²) in [5, 5.41) is 0. The van der Waals surface area contributed by atoms with Gasteiger partial charge in [-0.05, 0) is 0 Å². The second-order valence-electron chi connectivity index (χ2n) is 2.29. The van der Waals surface area contributed by atoms with Crippen LogP contribution in [0.25, 0.3) is 0 Å². The average molecular weight is 152 g/mol. The van der Waals surface area contributed by atoms with Crippen LogP contribution in [-0.2, 0) is 9.47 Å². The number of alkyl halides is 2. The second-order valence-corrected chi connectivity index (χ2v) is 2.29. The summed E-state index contributed by atoms with van der Waals surface area (Å²) >= 11 is 0. The van der Waals surface area contributed by atoms with Gasteiger partial charge in [0.1, 0.15) is 0 Å². The van der Waals surface area contributed by atoms with Crippen molar-refractivity contribution in [3.8, 4) is 0 Å². The van der Waals surface area contributed by atoms with E-state index in [1.165, 1.54) is 0 Å². The van der Waals surface area contributed by atoms with Crippen LogP contribution >= 0.6 is 0 Å². The van der Waals surface area contributed by atoms with E-state index in [-0.39, 0.29) is 0 Å². The van der Waals surface area contributed by atoms with Gasteiger partial charge < -0.3 is 9.47 Å². The molecule has 0 aromatic heterocycles. The summed E-state index contributed by atoms with van der Waals surface area (Å²) in [6.07, 6.45) is -1.32. The molecule has 0 amide bonds. The van der Waals surface area contributed by atoms with Gasteiger partial charge in [0.25, 0.3) is 0 Å². The lowest BCUT2D eigenvalue weighted by Crippen LogP contribution is -2.39. The Morgan fingerprint density at radius 2 is 1.50 bits per heavy atom. The lowest BCUT2D eigenvalue weighted by atomic mass is 10.2. The summed E-state index contributed by atoms with van der Waals surface area (Å²) in [6.45, 7) is 1.58. The van der Waals surface area contributed by atoms with Crippen molar-refractivity contribution in [3.05, 3.63) is 0 Å². The highest BCUT2D eigenvalue weighted by Crippen LogP contribution is 2.38. The topological polar surface area (TPSA) is 35.5 Å². The molecule has 58 valence electrons. The maximum absolute atomic E-state index is 12.7. The number of hydrogen-bond acceptors (Lipinski definition) is 3. The first-order chi connectivity index (χ1) is 4.35. The molecule has 5 heteroatoms. The fraction of sp³-hybridized carbons (Fsp3) is 0.800. The summed E-state index contributed by atoms with van der Waals surface area (Å²) in [5.41, 5.74) is 0. The molecular weight excluding hydrogens is 146 g/mol. The maximum atomic E-state index is 12.7. The van der Waals surface area contributed by atoms with Crippen molar-refractivity contribution < 1.29 is 23.0 Å². The molecule has 0 bridgehead atoms. The predicted octanol–water partition coefficient (Wildman–Crippen LogP) is 1.52. The largest absolute Gasteiger partial charge is 0.514 e. The van der Waals surface area contributed by atoms with Crippen LogP contribution in [0.3, 0.4) is 0 Å². The van der Waals surface area contributed by atoms with E-state index in [1.54, 1.807) is 0 Å². The molecule has 0 radical (unpaired) electrons. The van der Waals surface area contributed by atoms with Gasteiger partial charge in [0.05, 0.1) is 0 Å². The fourth-order valence-corrected chi connectivity index (χ4v) is 0.516. The maximum Gasteiger partial charge on any atom is 0.514 e. The van der Waals surface area contributed by atoms with Crippen molar-refractivity contribution in [2.24, 2.45) is 0 Å². The van der Waals surface area contributed by atoms with Crippen LogP contribution in [0.15, 0.2) is 0 Å². The zero-order chi connectivity index (χ0) is 7.99. The smallest absolute Gasteiger partial charge is 0.390 e. The number of rotatable bonds is 0. The van der Waals surface area contributed by atoms with E-state index in [0.29, 0.717) is 0 Å². The Labute approximate surface area is 55.9 Å². The molecule has 2 atom stereocenters. The van der Waals surface area contributed by atoms with Crippen molar-refractivity contribution in [3.63, 3.8) is 0 Å². The van der Waals surface area contributed by atoms with Crippen LogP contribution in [0.2, 0.25) is 0 Å². The van der Waals surface area contributed by atoms with Gasteiger partial charge in [-0.1, -0.05) is 0 Å². The van der Waals surface area contributed by atoms with E-state index < -0.39 is 17.9 Å². The third-order valence-electron chi connectivity index (χ3n) is 1.35. The third kappa shape index (κ3) is 0.815. The Balaban J connectivity index is 2.88. The molecule has 1 aliphatic rings. The number of carbonyl (C=O) groups is 1.